The topological polar surface area (TPSA) is 316 Å². The molecule has 0 heterocycles. The summed E-state index contributed by atoms with van der Waals surface area (Å²) in [6.45, 7) is 6.26. The van der Waals surface area contributed by atoms with Crippen LogP contribution in [0.3, 0.4) is 0 Å². The molecular formula is C44H45B21IN2O14Si. The Balaban J connectivity index is 0.000000233. The molecule has 6 aliphatic carbocycles. The molecule has 0 bridgehead atoms. The number of ketones is 4. The largest absolute Gasteiger partial charge is 0.508 e. The number of amides is 2. The Kier molecular flexibility index (Phi) is 22.0. The molecule has 389 valence electrons. The zero-order valence-electron chi connectivity index (χ0n) is 45.0. The number of nitrogens with two attached hydrogens (primary N) is 2. The average Bonchev–Trinajstić information content (AvgIpc) is 2.75. The minimum atomic E-state index is -2.56. The number of aliphatic hydroxyl groups excluding tert-OH is 4. The van der Waals surface area contributed by atoms with Crippen molar-refractivity contribution in [3.63, 3.8) is 0 Å². The van der Waals surface area contributed by atoms with Crippen LogP contribution in [0.5, 0.6) is 11.5 Å². The average molecular weight is 1210 g/mol. The standard InChI is InChI=1S/C24H25NO7Si.C19H16INO7.CH4.B21/c1-33(2,3)7-6-11-4-5-15(26)18-14(11)9-12-8-13-10-16(27)19(23(25)31)22(30)24(13,32)21(29)17(12)20(18)28;20-9-1-2-10(22)13-8(9)4-6-3-7-5-11(23)14(18(21)27)17(26)19(7,28)16(25)12(6)15(13)24;;1-12-18(13(2)3)21(19(14(4)5)15(6)7)20(16(8)9)17(10)11/h4-5,12-13,26,28,30,32H,8-10H2,1-3H3,(H2,25,31);1-2,6-7,22,24,26,28H,3-5H2,(H2,21,27);1H4;/t12-,13+,24+;6-,7+,19+;;/m11../s1. The van der Waals surface area contributed by atoms with E-state index in [0.29, 0.717) is 23.1 Å². The van der Waals surface area contributed by atoms with Crippen LogP contribution in [0.1, 0.15) is 60.9 Å². The number of fused-ring (bicyclic) bond motifs is 6. The van der Waals surface area contributed by atoms with Crippen LogP contribution in [0.25, 0.3) is 11.5 Å². The minimum absolute atomic E-state index is 0. The Hall–Kier alpha value is -4.39. The maximum absolute atomic E-state index is 13.4. The van der Waals surface area contributed by atoms with Crippen LogP contribution in [0.4, 0.5) is 0 Å². The minimum Gasteiger partial charge on any atom is -0.508 e. The molecule has 8 rings (SSSR count). The first-order valence-electron chi connectivity index (χ1n) is 25.9. The van der Waals surface area contributed by atoms with Crippen LogP contribution in [0.2, 0.25) is 19.6 Å². The number of benzene rings is 2. The third-order valence-electron chi connectivity index (χ3n) is 16.2. The van der Waals surface area contributed by atoms with Gasteiger partial charge in [0.05, 0.1) is 11.1 Å². The lowest BCUT2D eigenvalue weighted by atomic mass is 8.38. The summed E-state index contributed by atoms with van der Waals surface area (Å²) in [6.07, 6.45) is -6.64. The number of halogens is 1. The Bertz CT molecular complexity index is 3190. The third-order valence-corrected chi connectivity index (χ3v) is 18.1. The van der Waals surface area contributed by atoms with Gasteiger partial charge in [0.25, 0.3) is 11.8 Å². The van der Waals surface area contributed by atoms with E-state index in [0.717, 1.165) is 3.57 Å². The van der Waals surface area contributed by atoms with Crippen LogP contribution in [-0.4, -0.2) is 245 Å². The summed E-state index contributed by atoms with van der Waals surface area (Å²) in [5, 5.41) is 85.8. The van der Waals surface area contributed by atoms with Crippen molar-refractivity contribution >= 4 is 227 Å². The first kappa shape index (κ1) is 69.4. The smallest absolute Gasteiger partial charge is 0.255 e. The lowest BCUT2D eigenvalue weighted by molar-refractivity contribution is -0.148. The Morgan fingerprint density at radius 1 is 0.614 bits per heavy atom. The van der Waals surface area contributed by atoms with Gasteiger partial charge in [-0.2, -0.15) is 0 Å². The molecule has 0 unspecified atom stereocenters. The Morgan fingerprint density at radius 3 is 1.34 bits per heavy atom. The molecule has 23 radical (unpaired) electrons. The van der Waals surface area contributed by atoms with E-state index in [9.17, 15) is 69.6 Å². The van der Waals surface area contributed by atoms with Gasteiger partial charge in [0.15, 0.2) is 22.8 Å². The van der Waals surface area contributed by atoms with Gasteiger partial charge in [-0.05, 0) is 95.5 Å². The summed E-state index contributed by atoms with van der Waals surface area (Å²) in [7, 11) is 63.1. The summed E-state index contributed by atoms with van der Waals surface area (Å²) in [5.74, 6) is -9.38. The number of aromatic hydroxyl groups is 2. The number of Topliss-reactive ketones (excluding diaryl/α,β-unsaturated/α-hetero) is 4. The first-order chi connectivity index (χ1) is 37.9. The zero-order valence-corrected chi connectivity index (χ0v) is 48.2. The van der Waals surface area contributed by atoms with Crippen molar-refractivity contribution in [2.45, 2.75) is 76.8 Å². The maximum Gasteiger partial charge on any atom is 0.255 e. The molecule has 0 spiro atoms. The van der Waals surface area contributed by atoms with Crippen LogP contribution >= 0.6 is 22.6 Å². The van der Waals surface area contributed by atoms with Gasteiger partial charge in [0, 0.05) is 195 Å². The van der Waals surface area contributed by atoms with Gasteiger partial charge in [-0.15, -0.1) is 5.54 Å². The summed E-state index contributed by atoms with van der Waals surface area (Å²) < 4.78 is 0.794. The van der Waals surface area contributed by atoms with E-state index in [-0.39, 0.29) is 73.3 Å². The number of carbonyl (C=O) groups is 6. The number of rotatable bonds is 11. The fourth-order valence-corrected chi connectivity index (χ4v) is 13.6. The van der Waals surface area contributed by atoms with E-state index in [2.05, 4.69) is 53.7 Å². The normalized spacial score (nSPS) is 22.9. The number of hydrogen-bond donors (Lipinski definition) is 10. The van der Waals surface area contributed by atoms with Gasteiger partial charge in [0.2, 0.25) is 11.6 Å². The van der Waals surface area contributed by atoms with Crippen molar-refractivity contribution in [3.8, 4) is 23.0 Å². The van der Waals surface area contributed by atoms with Gasteiger partial charge < -0.3 is 52.3 Å². The van der Waals surface area contributed by atoms with E-state index in [4.69, 9.17) is 96.6 Å². The molecule has 2 aromatic rings. The highest BCUT2D eigenvalue weighted by molar-refractivity contribution is 14.1. The summed E-state index contributed by atoms with van der Waals surface area (Å²) >= 11 is 2.06. The summed E-state index contributed by atoms with van der Waals surface area (Å²) in [6, 6.07) is 6.13. The van der Waals surface area contributed by atoms with Gasteiger partial charge in [0.1, 0.15) is 53.8 Å². The predicted octanol–water partition coefficient (Wildman–Crippen LogP) is -4.68. The predicted molar refractivity (Wildman–Crippen MR) is 353 cm³/mol. The van der Waals surface area contributed by atoms with Crippen molar-refractivity contribution in [2.75, 3.05) is 0 Å². The van der Waals surface area contributed by atoms with Crippen molar-refractivity contribution in [1.29, 1.82) is 0 Å². The van der Waals surface area contributed by atoms with E-state index in [1.807, 2.05) is 0 Å². The molecule has 2 saturated carbocycles. The van der Waals surface area contributed by atoms with E-state index >= 15 is 0 Å². The first-order valence-corrected chi connectivity index (χ1v) is 30.4. The fraction of sp³-hybridized carbons (Fsp3) is 0.364. The van der Waals surface area contributed by atoms with Crippen molar-refractivity contribution in [2.24, 2.45) is 35.1 Å². The van der Waals surface area contributed by atoms with Gasteiger partial charge in [-0.3, -0.25) is 28.8 Å². The lowest BCUT2D eigenvalue weighted by Crippen LogP contribution is -2.81. The highest BCUT2D eigenvalue weighted by Gasteiger charge is 2.62. The highest BCUT2D eigenvalue weighted by Crippen LogP contribution is 2.54. The zero-order chi connectivity index (χ0) is 61.9. The van der Waals surface area contributed by atoms with Crippen molar-refractivity contribution in [3.05, 3.63) is 89.5 Å². The van der Waals surface area contributed by atoms with E-state index in [1.54, 1.807) is 12.1 Å². The van der Waals surface area contributed by atoms with Crippen molar-refractivity contribution < 1.29 is 69.6 Å². The molecule has 2 fully saturated rings. The lowest BCUT2D eigenvalue weighted by Gasteiger charge is -2.46. The molecule has 0 aliphatic heterocycles. The molecular weight excluding hydrogens is 1160 g/mol. The van der Waals surface area contributed by atoms with E-state index < -0.39 is 170 Å². The Labute approximate surface area is 517 Å². The van der Waals surface area contributed by atoms with Crippen LogP contribution < -0.4 is 11.5 Å². The van der Waals surface area contributed by atoms with Gasteiger partial charge >= 0.3 is 0 Å². The molecule has 2 aromatic carbocycles. The second kappa shape index (κ2) is 26.3. The van der Waals surface area contributed by atoms with E-state index in [1.165, 1.54) is 19.2 Å². The number of hydrogen-bond acceptors (Lipinski definition) is 14. The second-order valence-corrected chi connectivity index (χ2v) is 28.5. The number of primary amides is 2. The number of aliphatic hydroxyl groups is 6. The number of phenolic OH excluding ortho intramolecular Hbond substituents is 2. The SMILES string of the molecule is C.C[Si](C)(C)C#Cc1ccc(O)c2c1C[C@H]1C[C@H]3CC(=O)C(C(N)=O)=C(O)[C@@]3(O)C(=O)C1=C2O.NC(=O)C1=C(O)[C@@]2(O)C(=O)C3=C(O)c4c(O)ccc(I)c4C[C@H]3C[C@H]2CC1=O.[B][B]B(B([B])[B])B(B(B([B])[B])B([B])[B])B(B([B])[B])B([B])[B]. The number of carbonyl (C=O) groups excluding carboxylic acids is 6. The second-order valence-electron chi connectivity index (χ2n) is 22.6. The fourth-order valence-electron chi connectivity index (χ4n) is 12.4. The molecule has 0 aromatic heterocycles. The monoisotopic (exact) mass is 1210 g/mol. The molecule has 83 heavy (non-hydrogen) atoms. The molecule has 12 N–H and O–H groups in total. The van der Waals surface area contributed by atoms with Gasteiger partial charge in [-0.25, -0.2) is 0 Å². The molecule has 6 aliphatic rings. The quantitative estimate of drug-likeness (QED) is 0.0438. The third kappa shape index (κ3) is 12.9. The maximum atomic E-state index is 13.4. The molecule has 16 nitrogen and oxygen atoms in total. The molecule has 0 saturated heterocycles. The summed E-state index contributed by atoms with van der Waals surface area (Å²) in [4.78, 5) is 74.5. The van der Waals surface area contributed by atoms with Crippen LogP contribution in [0.15, 0.2) is 58.1 Å². The van der Waals surface area contributed by atoms with Crippen LogP contribution in [-0.2, 0) is 41.6 Å². The number of phenols is 2. The van der Waals surface area contributed by atoms with Gasteiger partial charge in [-0.1, -0.05) is 33.0 Å². The summed E-state index contributed by atoms with van der Waals surface area (Å²) in [5.41, 5.74) is 8.68. The van der Waals surface area contributed by atoms with Crippen LogP contribution in [0, 0.1) is 38.7 Å². The highest BCUT2D eigenvalue weighted by atomic mass is 127. The van der Waals surface area contributed by atoms with Crippen molar-refractivity contribution in [1.82, 2.24) is 0 Å². The molecule has 39 heteroatoms. The molecule has 6 atom stereocenters. The molecule has 2 amide bonds. The Morgan fingerprint density at radius 2 is 0.988 bits per heavy atom.